The van der Waals surface area contributed by atoms with E-state index < -0.39 is 10.0 Å². The Kier molecular flexibility index (Phi) is 5.11. The van der Waals surface area contributed by atoms with Gasteiger partial charge >= 0.3 is 0 Å². The maximum absolute atomic E-state index is 12.2. The molecule has 2 N–H and O–H groups in total. The highest BCUT2D eigenvalue weighted by atomic mass is 32.2. The van der Waals surface area contributed by atoms with Gasteiger partial charge in [0.05, 0.1) is 17.5 Å². The molecule has 1 heterocycles. The summed E-state index contributed by atoms with van der Waals surface area (Å²) < 4.78 is 25.0. The highest BCUT2D eigenvalue weighted by molar-refractivity contribution is 7.92. The van der Waals surface area contributed by atoms with Crippen LogP contribution in [0.1, 0.15) is 16.1 Å². The summed E-state index contributed by atoms with van der Waals surface area (Å²) in [4.78, 5) is 16.3. The fraction of sp³-hybridized carbons (Fsp3) is 0.200. The smallest absolute Gasteiger partial charge is 0.253 e. The van der Waals surface area contributed by atoms with Gasteiger partial charge in [0.15, 0.2) is 0 Å². The summed E-state index contributed by atoms with van der Waals surface area (Å²) in [5.41, 5.74) is 1.43. The van der Waals surface area contributed by atoms with E-state index in [4.69, 9.17) is 0 Å². The van der Waals surface area contributed by atoms with Crippen LogP contribution in [0.4, 0.5) is 5.69 Å². The number of rotatable bonds is 6. The Balaban J connectivity index is 2.01. The van der Waals surface area contributed by atoms with Crippen LogP contribution in [0.2, 0.25) is 0 Å². The molecule has 0 fully saturated rings. The second-order valence-corrected chi connectivity index (χ2v) is 6.50. The van der Waals surface area contributed by atoms with Crippen molar-refractivity contribution in [1.82, 2.24) is 10.3 Å². The number of anilines is 1. The number of para-hydroxylation sites is 1. The van der Waals surface area contributed by atoms with Gasteiger partial charge in [0, 0.05) is 24.9 Å². The Hall–Kier alpha value is -2.41. The predicted molar refractivity (Wildman–Crippen MR) is 85.2 cm³/mol. The minimum atomic E-state index is -3.44. The number of sulfonamides is 1. The Morgan fingerprint density at radius 2 is 1.86 bits per heavy atom. The highest BCUT2D eigenvalue weighted by Crippen LogP contribution is 2.16. The van der Waals surface area contributed by atoms with Crippen LogP contribution < -0.4 is 10.0 Å². The van der Waals surface area contributed by atoms with E-state index in [1.807, 2.05) is 18.2 Å². The summed E-state index contributed by atoms with van der Waals surface area (Å²) in [6.07, 6.45) is 3.35. The van der Waals surface area contributed by atoms with Gasteiger partial charge in [-0.3, -0.25) is 14.5 Å². The van der Waals surface area contributed by atoms with Crippen LogP contribution >= 0.6 is 0 Å². The van der Waals surface area contributed by atoms with Crippen molar-refractivity contribution < 1.29 is 13.2 Å². The molecule has 2 aromatic rings. The molecule has 0 unspecified atom stereocenters. The number of aromatic nitrogens is 1. The maximum Gasteiger partial charge on any atom is 0.253 e. The van der Waals surface area contributed by atoms with Gasteiger partial charge in [-0.2, -0.15) is 0 Å². The van der Waals surface area contributed by atoms with Gasteiger partial charge in [-0.15, -0.1) is 0 Å². The fourth-order valence-electron chi connectivity index (χ4n) is 1.92. The summed E-state index contributed by atoms with van der Waals surface area (Å²) in [5, 5.41) is 2.76. The third-order valence-electron chi connectivity index (χ3n) is 2.86. The molecule has 0 aliphatic carbocycles. The van der Waals surface area contributed by atoms with Gasteiger partial charge in [-0.1, -0.05) is 18.2 Å². The minimum Gasteiger partial charge on any atom is -0.352 e. The molecule has 1 amide bonds. The zero-order valence-electron chi connectivity index (χ0n) is 12.1. The molecule has 2 rings (SSSR count). The first-order valence-electron chi connectivity index (χ1n) is 6.70. The predicted octanol–water partition coefficient (Wildman–Crippen LogP) is 1.43. The monoisotopic (exact) mass is 319 g/mol. The number of carbonyl (C=O) groups excluding carboxylic acids is 1. The molecule has 116 valence electrons. The van der Waals surface area contributed by atoms with Gasteiger partial charge < -0.3 is 5.32 Å². The lowest BCUT2D eigenvalue weighted by atomic mass is 10.1. The molecule has 0 aliphatic rings. The lowest BCUT2D eigenvalue weighted by Gasteiger charge is -2.10. The first-order valence-corrected chi connectivity index (χ1v) is 8.60. The van der Waals surface area contributed by atoms with Crippen molar-refractivity contribution in [3.8, 4) is 0 Å². The Labute approximate surface area is 129 Å². The molecule has 1 aromatic carbocycles. The standard InChI is InChI=1S/C15H17N3O3S/c1-22(20,21)18-14-8-3-2-7-13(14)15(19)17-11-9-12-6-4-5-10-16-12/h2-8,10,18H,9,11H2,1H3,(H,17,19). The van der Waals surface area contributed by atoms with E-state index in [0.29, 0.717) is 13.0 Å². The second-order valence-electron chi connectivity index (χ2n) is 4.75. The summed E-state index contributed by atoms with van der Waals surface area (Å²) in [6, 6.07) is 12.1. The van der Waals surface area contributed by atoms with Crippen LogP contribution in [0.3, 0.4) is 0 Å². The van der Waals surface area contributed by atoms with Crippen LogP contribution in [0.15, 0.2) is 48.7 Å². The van der Waals surface area contributed by atoms with E-state index in [9.17, 15) is 13.2 Å². The van der Waals surface area contributed by atoms with E-state index in [1.165, 1.54) is 0 Å². The molecule has 0 saturated carbocycles. The fourth-order valence-corrected chi connectivity index (χ4v) is 2.49. The number of amides is 1. The molecule has 6 nitrogen and oxygen atoms in total. The summed E-state index contributed by atoms with van der Waals surface area (Å²) in [5.74, 6) is -0.331. The quantitative estimate of drug-likeness (QED) is 0.843. The van der Waals surface area contributed by atoms with E-state index in [0.717, 1.165) is 11.9 Å². The molecule has 7 heteroatoms. The van der Waals surface area contributed by atoms with E-state index in [2.05, 4.69) is 15.0 Å². The Morgan fingerprint density at radius 3 is 2.55 bits per heavy atom. The molecule has 0 radical (unpaired) electrons. The SMILES string of the molecule is CS(=O)(=O)Nc1ccccc1C(=O)NCCc1ccccn1. The second kappa shape index (κ2) is 7.04. The average Bonchev–Trinajstić information content (AvgIpc) is 2.47. The number of pyridine rings is 1. The van der Waals surface area contributed by atoms with Gasteiger partial charge in [-0.25, -0.2) is 8.42 Å². The maximum atomic E-state index is 12.2. The largest absolute Gasteiger partial charge is 0.352 e. The molecule has 1 aromatic heterocycles. The summed E-state index contributed by atoms with van der Waals surface area (Å²) >= 11 is 0. The number of nitrogens with one attached hydrogen (secondary N) is 2. The normalized spacial score (nSPS) is 11.0. The van der Waals surface area contributed by atoms with E-state index in [1.54, 1.807) is 30.5 Å². The summed E-state index contributed by atoms with van der Waals surface area (Å²) in [7, 11) is -3.44. The van der Waals surface area contributed by atoms with Crippen LogP contribution in [-0.4, -0.2) is 32.1 Å². The van der Waals surface area contributed by atoms with Crippen LogP contribution in [0, 0.1) is 0 Å². The van der Waals surface area contributed by atoms with Crippen molar-refractivity contribution >= 4 is 21.6 Å². The van der Waals surface area contributed by atoms with Gasteiger partial charge in [0.1, 0.15) is 0 Å². The van der Waals surface area contributed by atoms with Crippen molar-refractivity contribution in [3.63, 3.8) is 0 Å². The molecule has 0 atom stereocenters. The lowest BCUT2D eigenvalue weighted by molar-refractivity contribution is 0.0955. The van der Waals surface area contributed by atoms with Gasteiger partial charge in [-0.05, 0) is 24.3 Å². The van der Waals surface area contributed by atoms with E-state index in [-0.39, 0.29) is 17.2 Å². The minimum absolute atomic E-state index is 0.264. The Bertz CT molecular complexity index is 746. The average molecular weight is 319 g/mol. The van der Waals surface area contributed by atoms with Crippen molar-refractivity contribution in [2.45, 2.75) is 6.42 Å². The van der Waals surface area contributed by atoms with Crippen LogP contribution in [0.5, 0.6) is 0 Å². The zero-order chi connectivity index (χ0) is 16.0. The molecule has 0 saturated heterocycles. The topological polar surface area (TPSA) is 88.2 Å². The van der Waals surface area contributed by atoms with Crippen molar-refractivity contribution in [2.75, 3.05) is 17.5 Å². The Morgan fingerprint density at radius 1 is 1.14 bits per heavy atom. The lowest BCUT2D eigenvalue weighted by Crippen LogP contribution is -2.27. The first-order chi connectivity index (χ1) is 10.5. The zero-order valence-corrected chi connectivity index (χ0v) is 12.9. The number of carbonyl (C=O) groups is 1. The molecular formula is C15H17N3O3S. The van der Waals surface area contributed by atoms with Crippen molar-refractivity contribution in [2.24, 2.45) is 0 Å². The van der Waals surface area contributed by atoms with Crippen molar-refractivity contribution in [1.29, 1.82) is 0 Å². The van der Waals surface area contributed by atoms with Crippen LogP contribution in [-0.2, 0) is 16.4 Å². The van der Waals surface area contributed by atoms with Crippen molar-refractivity contribution in [3.05, 3.63) is 59.9 Å². The number of nitrogens with zero attached hydrogens (tertiary/aromatic N) is 1. The first kappa shape index (κ1) is 16.0. The molecule has 0 aliphatic heterocycles. The number of benzene rings is 1. The van der Waals surface area contributed by atoms with Crippen LogP contribution in [0.25, 0.3) is 0 Å². The van der Waals surface area contributed by atoms with E-state index >= 15 is 0 Å². The molecular weight excluding hydrogens is 302 g/mol. The van der Waals surface area contributed by atoms with Gasteiger partial charge in [0.25, 0.3) is 5.91 Å². The molecule has 0 bridgehead atoms. The molecule has 22 heavy (non-hydrogen) atoms. The summed E-state index contributed by atoms with van der Waals surface area (Å²) in [6.45, 7) is 0.420. The highest BCUT2D eigenvalue weighted by Gasteiger charge is 2.13. The molecule has 0 spiro atoms. The van der Waals surface area contributed by atoms with Gasteiger partial charge in [0.2, 0.25) is 10.0 Å². The number of hydrogen-bond acceptors (Lipinski definition) is 4. The third kappa shape index (κ3) is 4.85. The third-order valence-corrected chi connectivity index (χ3v) is 3.45. The number of hydrogen-bond donors (Lipinski definition) is 2.